The molecule has 0 aliphatic carbocycles. The molecule has 0 aliphatic rings. The van der Waals surface area contributed by atoms with Crippen LogP contribution >= 0.6 is 22.7 Å². The molecular weight excluding hydrogens is 921 g/mol. The summed E-state index contributed by atoms with van der Waals surface area (Å²) >= 11 is 3.79. The number of nitrogen functional groups attached to an aromatic ring is 2. The number of nitrogens with two attached hydrogens (primary N) is 2. The fourth-order valence-corrected chi connectivity index (χ4v) is 12.5. The molecule has 0 amide bonds. The van der Waals surface area contributed by atoms with Gasteiger partial charge in [-0.3, -0.25) is 0 Å². The Morgan fingerprint density at radius 3 is 1.00 bits per heavy atom. The highest BCUT2D eigenvalue weighted by Gasteiger charge is 2.20. The van der Waals surface area contributed by atoms with E-state index in [0.29, 0.717) is 0 Å². The predicted octanol–water partition coefficient (Wildman–Crippen LogP) is 19.0. The second kappa shape index (κ2) is 18.0. The predicted molar refractivity (Wildman–Crippen MR) is 307 cm³/mol. The Morgan fingerprint density at radius 1 is 0.292 bits per heavy atom. The lowest BCUT2D eigenvalue weighted by Crippen LogP contribution is -2.09. The minimum atomic E-state index is 0.739. The SMILES string of the molecule is Nc1cccc(-c2ccc3c(c2)oc2c4ccc(-c5cccc(N)c5)cc4oc32)c1.c1ccc(N(c2ccccc2)c2ccc3c(c2)sc2c4ccc(N(c5ccccc5)c5ccccc5)cc4sc32)cc1. The van der Waals surface area contributed by atoms with Crippen LogP contribution in [-0.4, -0.2) is 0 Å². The number of rotatable bonds is 8. The molecule has 14 aromatic rings. The summed E-state index contributed by atoms with van der Waals surface area (Å²) < 4.78 is 17.8. The van der Waals surface area contributed by atoms with Crippen LogP contribution in [0.2, 0.25) is 0 Å². The van der Waals surface area contributed by atoms with E-state index in [4.69, 9.17) is 20.3 Å². The lowest BCUT2D eigenvalue weighted by Gasteiger charge is -2.25. The molecule has 0 aliphatic heterocycles. The topological polar surface area (TPSA) is 84.8 Å². The zero-order chi connectivity index (χ0) is 48.1. The molecule has 72 heavy (non-hydrogen) atoms. The Labute approximate surface area is 423 Å². The molecule has 0 atom stereocenters. The Bertz CT molecular complexity index is 3900. The van der Waals surface area contributed by atoms with Crippen molar-refractivity contribution in [2.75, 3.05) is 21.3 Å². The first-order valence-corrected chi connectivity index (χ1v) is 25.4. The monoisotopic (exact) mass is 964 g/mol. The Kier molecular flexibility index (Phi) is 10.8. The van der Waals surface area contributed by atoms with E-state index in [1.54, 1.807) is 0 Å². The van der Waals surface area contributed by atoms with Gasteiger partial charge in [0.15, 0.2) is 11.2 Å². The Balaban J connectivity index is 0.000000148. The number of fused-ring (bicyclic) bond motifs is 10. The number of hydrogen-bond acceptors (Lipinski definition) is 8. The average molecular weight is 965 g/mol. The van der Waals surface area contributed by atoms with Crippen LogP contribution in [0, 0.1) is 0 Å². The van der Waals surface area contributed by atoms with Crippen molar-refractivity contribution < 1.29 is 8.83 Å². The normalized spacial score (nSPS) is 11.4. The lowest BCUT2D eigenvalue weighted by molar-refractivity contribution is 0.653. The highest BCUT2D eigenvalue weighted by molar-refractivity contribution is 7.36. The van der Waals surface area contributed by atoms with E-state index >= 15 is 0 Å². The van der Waals surface area contributed by atoms with Crippen molar-refractivity contribution in [2.24, 2.45) is 0 Å². The van der Waals surface area contributed by atoms with Gasteiger partial charge in [-0.05, 0) is 144 Å². The van der Waals surface area contributed by atoms with Gasteiger partial charge in [-0.2, -0.15) is 0 Å². The fourth-order valence-electron chi connectivity index (χ4n) is 9.77. The van der Waals surface area contributed by atoms with Crippen LogP contribution < -0.4 is 21.3 Å². The van der Waals surface area contributed by atoms with E-state index in [-0.39, 0.29) is 0 Å². The first-order chi connectivity index (χ1) is 35.5. The number of thiophene rings is 2. The molecule has 6 nitrogen and oxygen atoms in total. The molecule has 8 heteroatoms. The minimum absolute atomic E-state index is 0.739. The van der Waals surface area contributed by atoms with Gasteiger partial charge in [0, 0.05) is 65.7 Å². The largest absolute Gasteiger partial charge is 0.452 e. The van der Waals surface area contributed by atoms with E-state index in [1.807, 2.05) is 95.5 Å². The van der Waals surface area contributed by atoms with Gasteiger partial charge in [0.2, 0.25) is 0 Å². The third-order valence-electron chi connectivity index (χ3n) is 13.1. The number of nitrogens with zero attached hydrogens (tertiary/aromatic N) is 2. The summed E-state index contributed by atoms with van der Waals surface area (Å²) in [4.78, 5) is 4.67. The first-order valence-electron chi connectivity index (χ1n) is 23.8. The van der Waals surface area contributed by atoms with E-state index in [2.05, 4.69) is 180 Å². The van der Waals surface area contributed by atoms with Gasteiger partial charge in [-0.15, -0.1) is 22.7 Å². The molecule has 0 saturated heterocycles. The molecule has 10 aromatic carbocycles. The van der Waals surface area contributed by atoms with Crippen LogP contribution in [-0.2, 0) is 0 Å². The van der Waals surface area contributed by atoms with Gasteiger partial charge in [0.25, 0.3) is 0 Å². The van der Waals surface area contributed by atoms with Gasteiger partial charge in [0.05, 0.1) is 20.2 Å². The van der Waals surface area contributed by atoms with E-state index in [9.17, 15) is 0 Å². The summed E-state index contributed by atoms with van der Waals surface area (Å²) in [6, 6.07) is 84.2. The fraction of sp³-hybridized carbons (Fsp3) is 0. The molecule has 4 N–H and O–H groups in total. The summed E-state index contributed by atoms with van der Waals surface area (Å²) in [5, 5.41) is 4.56. The molecule has 0 radical (unpaired) electrons. The van der Waals surface area contributed by atoms with E-state index in [1.165, 1.54) is 40.9 Å². The Hall–Kier alpha value is -9.08. The molecular formula is C64H44N4O2S2. The van der Waals surface area contributed by atoms with Crippen LogP contribution in [0.15, 0.2) is 251 Å². The van der Waals surface area contributed by atoms with Gasteiger partial charge < -0.3 is 30.1 Å². The van der Waals surface area contributed by atoms with Crippen LogP contribution in [0.3, 0.4) is 0 Å². The first kappa shape index (κ1) is 43.0. The number of anilines is 8. The summed E-state index contributed by atoms with van der Waals surface area (Å²) in [6.45, 7) is 0. The van der Waals surface area contributed by atoms with E-state index < -0.39 is 0 Å². The van der Waals surface area contributed by atoms with Crippen LogP contribution in [0.4, 0.5) is 45.5 Å². The molecule has 0 fully saturated rings. The zero-order valence-electron chi connectivity index (χ0n) is 38.8. The average Bonchev–Trinajstić information content (AvgIpc) is 4.18. The van der Waals surface area contributed by atoms with Gasteiger partial charge in [0.1, 0.15) is 11.2 Å². The number of furan rings is 2. The van der Waals surface area contributed by atoms with Crippen molar-refractivity contribution in [3.8, 4) is 22.3 Å². The third-order valence-corrected chi connectivity index (χ3v) is 15.6. The summed E-state index contributed by atoms with van der Waals surface area (Å²) in [5.74, 6) is 0. The third kappa shape index (κ3) is 7.85. The molecule has 14 rings (SSSR count). The molecule has 0 spiro atoms. The maximum atomic E-state index is 6.22. The highest BCUT2D eigenvalue weighted by atomic mass is 32.1. The maximum absolute atomic E-state index is 6.22. The highest BCUT2D eigenvalue weighted by Crippen LogP contribution is 2.48. The molecule has 0 saturated carbocycles. The lowest BCUT2D eigenvalue weighted by atomic mass is 10.0. The summed E-state index contributed by atoms with van der Waals surface area (Å²) in [6.07, 6.45) is 0. The van der Waals surface area contributed by atoms with Crippen molar-refractivity contribution in [2.45, 2.75) is 0 Å². The van der Waals surface area contributed by atoms with E-state index in [0.717, 1.165) is 89.5 Å². The molecule has 4 heterocycles. The maximum Gasteiger partial charge on any atom is 0.181 e. The zero-order valence-corrected chi connectivity index (χ0v) is 40.4. The van der Waals surface area contributed by atoms with Crippen LogP contribution in [0.1, 0.15) is 0 Å². The smallest absolute Gasteiger partial charge is 0.181 e. The van der Waals surface area contributed by atoms with Gasteiger partial charge in [-0.25, -0.2) is 0 Å². The second-order valence-corrected chi connectivity index (χ2v) is 19.9. The standard InChI is InChI=1S/C38H26N2S2.C26H18N2O2/c1-5-13-27(14-6-1)39(28-15-7-2-8-16-28)31-21-23-33-35(25-31)41-38-34-24-22-32(26-36(34)42-37(33)38)40(29-17-9-3-10-18-29)30-19-11-4-12-20-30;27-19-5-1-3-15(11-19)17-7-9-21-23(13-17)29-26-22-10-8-18(14-24(22)30-25(21)26)16-4-2-6-20(28)12-16/h1-26H;1-14H,27-28H2. The van der Waals surface area contributed by atoms with Crippen LogP contribution in [0.5, 0.6) is 0 Å². The molecule has 0 bridgehead atoms. The summed E-state index contributed by atoms with van der Waals surface area (Å²) in [7, 11) is 0. The van der Waals surface area contributed by atoms with Crippen LogP contribution in [0.25, 0.3) is 84.9 Å². The minimum Gasteiger partial charge on any atom is -0.452 e. The second-order valence-electron chi connectivity index (χ2n) is 17.8. The number of hydrogen-bond donors (Lipinski definition) is 2. The molecule has 344 valence electrons. The quantitative estimate of drug-likeness (QED) is 0.148. The van der Waals surface area contributed by atoms with Crippen molar-refractivity contribution in [3.63, 3.8) is 0 Å². The molecule has 0 unspecified atom stereocenters. The van der Waals surface area contributed by atoms with Crippen molar-refractivity contribution in [3.05, 3.63) is 243 Å². The number of para-hydroxylation sites is 4. The van der Waals surface area contributed by atoms with Crippen molar-refractivity contribution in [1.29, 1.82) is 0 Å². The van der Waals surface area contributed by atoms with Crippen molar-refractivity contribution in [1.82, 2.24) is 0 Å². The number of benzene rings is 10. The van der Waals surface area contributed by atoms with Crippen molar-refractivity contribution >= 4 is 131 Å². The van der Waals surface area contributed by atoms with Gasteiger partial charge in [-0.1, -0.05) is 121 Å². The summed E-state index contributed by atoms with van der Waals surface area (Å²) in [5.41, 5.74) is 27.6. The van der Waals surface area contributed by atoms with Gasteiger partial charge >= 0.3 is 0 Å². The molecule has 4 aromatic heterocycles. The Morgan fingerprint density at radius 2 is 0.639 bits per heavy atom.